The minimum absolute atomic E-state index is 0.0266. The molecule has 3 rings (SSSR count). The van der Waals surface area contributed by atoms with Crippen LogP contribution in [-0.4, -0.2) is 38.4 Å². The molecule has 1 atom stereocenters. The molecule has 94 valence electrons. The van der Waals surface area contributed by atoms with Crippen LogP contribution in [0.1, 0.15) is 19.3 Å². The Hall–Kier alpha value is -2.18. The van der Waals surface area contributed by atoms with Crippen LogP contribution in [0.15, 0.2) is 12.7 Å². The highest BCUT2D eigenvalue weighted by atomic mass is 16.2. The van der Waals surface area contributed by atoms with Gasteiger partial charge in [-0.2, -0.15) is 0 Å². The predicted octanol–water partition coefficient (Wildman–Crippen LogP) is 0.433. The van der Waals surface area contributed by atoms with E-state index in [9.17, 15) is 4.79 Å². The minimum atomic E-state index is -0.242. The molecule has 0 bridgehead atoms. The van der Waals surface area contributed by atoms with Crippen LogP contribution >= 0.6 is 0 Å². The number of amides is 1. The highest BCUT2D eigenvalue weighted by molar-refractivity contribution is 5.88. The van der Waals surface area contributed by atoms with E-state index in [1.807, 2.05) is 0 Å². The molecule has 0 saturated carbocycles. The molecule has 3 N–H and O–H groups in total. The standard InChI is InChI=1S/C11H14N6O/c18-11-7(3-1-2-4-12-11)17-10-8-9(14-5-13-8)15-6-16-10/h5-7H,1-4H2,(H,12,18)(H2,13,14,15,16,17). The second-order valence-electron chi connectivity index (χ2n) is 4.31. The fourth-order valence-electron chi connectivity index (χ4n) is 2.12. The van der Waals surface area contributed by atoms with Gasteiger partial charge in [0.05, 0.1) is 6.33 Å². The van der Waals surface area contributed by atoms with Crippen LogP contribution in [0.3, 0.4) is 0 Å². The van der Waals surface area contributed by atoms with E-state index in [0.717, 1.165) is 31.3 Å². The van der Waals surface area contributed by atoms with Crippen molar-refractivity contribution in [1.29, 1.82) is 0 Å². The summed E-state index contributed by atoms with van der Waals surface area (Å²) >= 11 is 0. The van der Waals surface area contributed by atoms with Crippen molar-refractivity contribution < 1.29 is 4.79 Å². The van der Waals surface area contributed by atoms with E-state index in [0.29, 0.717) is 11.5 Å². The fourth-order valence-corrected chi connectivity index (χ4v) is 2.12. The van der Waals surface area contributed by atoms with E-state index in [1.165, 1.54) is 6.33 Å². The van der Waals surface area contributed by atoms with Gasteiger partial charge in [0.1, 0.15) is 17.9 Å². The number of anilines is 1. The molecule has 0 radical (unpaired) electrons. The van der Waals surface area contributed by atoms with Gasteiger partial charge in [-0.1, -0.05) is 0 Å². The maximum absolute atomic E-state index is 11.9. The molecule has 0 aromatic carbocycles. The Morgan fingerprint density at radius 1 is 1.28 bits per heavy atom. The predicted molar refractivity (Wildman–Crippen MR) is 66.0 cm³/mol. The van der Waals surface area contributed by atoms with Crippen molar-refractivity contribution in [2.75, 3.05) is 11.9 Å². The van der Waals surface area contributed by atoms with Gasteiger partial charge in [0.2, 0.25) is 5.91 Å². The fraction of sp³-hybridized carbons (Fsp3) is 0.455. The first kappa shape index (κ1) is 10.9. The summed E-state index contributed by atoms with van der Waals surface area (Å²) in [5, 5.41) is 6.05. The number of hydrogen-bond acceptors (Lipinski definition) is 5. The Morgan fingerprint density at radius 3 is 3.17 bits per heavy atom. The van der Waals surface area contributed by atoms with Crippen LogP contribution in [0, 0.1) is 0 Å². The first-order chi connectivity index (χ1) is 8.84. The van der Waals surface area contributed by atoms with E-state index in [1.54, 1.807) is 6.33 Å². The summed E-state index contributed by atoms with van der Waals surface area (Å²) in [6, 6.07) is -0.242. The zero-order chi connectivity index (χ0) is 12.4. The number of nitrogens with one attached hydrogen (secondary N) is 3. The number of aromatic amines is 1. The SMILES string of the molecule is O=C1NCCCCC1Nc1ncnc2nc[nH]c12. The normalized spacial score (nSPS) is 20.4. The summed E-state index contributed by atoms with van der Waals surface area (Å²) in [4.78, 5) is 27.1. The Labute approximate surface area is 103 Å². The Bertz CT molecular complexity index is 565. The Balaban J connectivity index is 1.86. The van der Waals surface area contributed by atoms with Gasteiger partial charge in [0.25, 0.3) is 0 Å². The van der Waals surface area contributed by atoms with Crippen LogP contribution < -0.4 is 10.6 Å². The first-order valence-electron chi connectivity index (χ1n) is 6.03. The number of rotatable bonds is 2. The smallest absolute Gasteiger partial charge is 0.242 e. The largest absolute Gasteiger partial charge is 0.356 e. The van der Waals surface area contributed by atoms with Crippen molar-refractivity contribution in [3.05, 3.63) is 12.7 Å². The molecule has 1 amide bonds. The second-order valence-corrected chi connectivity index (χ2v) is 4.31. The second kappa shape index (κ2) is 4.59. The molecule has 0 aliphatic carbocycles. The number of fused-ring (bicyclic) bond motifs is 1. The quantitative estimate of drug-likeness (QED) is 0.714. The topological polar surface area (TPSA) is 95.6 Å². The van der Waals surface area contributed by atoms with Crippen LogP contribution in [0.25, 0.3) is 11.2 Å². The summed E-state index contributed by atoms with van der Waals surface area (Å²) in [6.45, 7) is 0.750. The molecule has 18 heavy (non-hydrogen) atoms. The van der Waals surface area contributed by atoms with Gasteiger partial charge in [-0.3, -0.25) is 4.79 Å². The third kappa shape index (κ3) is 1.99. The Kier molecular flexibility index (Phi) is 2.79. The number of aromatic nitrogens is 4. The van der Waals surface area contributed by atoms with Crippen molar-refractivity contribution >= 4 is 22.9 Å². The molecule has 2 aromatic rings. The summed E-state index contributed by atoms with van der Waals surface area (Å²) in [5.41, 5.74) is 1.33. The molecule has 1 saturated heterocycles. The number of nitrogens with zero attached hydrogens (tertiary/aromatic N) is 3. The molecular formula is C11H14N6O. The summed E-state index contributed by atoms with van der Waals surface area (Å²) in [5.74, 6) is 0.651. The van der Waals surface area contributed by atoms with Gasteiger partial charge >= 0.3 is 0 Å². The van der Waals surface area contributed by atoms with E-state index < -0.39 is 0 Å². The van der Waals surface area contributed by atoms with E-state index in [-0.39, 0.29) is 11.9 Å². The maximum atomic E-state index is 11.9. The monoisotopic (exact) mass is 246 g/mol. The number of carbonyl (C=O) groups is 1. The van der Waals surface area contributed by atoms with Gasteiger partial charge in [-0.25, -0.2) is 15.0 Å². The molecule has 1 aliphatic heterocycles. The lowest BCUT2D eigenvalue weighted by Crippen LogP contribution is -2.38. The van der Waals surface area contributed by atoms with Crippen LogP contribution in [0.2, 0.25) is 0 Å². The summed E-state index contributed by atoms with van der Waals surface area (Å²) in [7, 11) is 0. The number of hydrogen-bond donors (Lipinski definition) is 3. The van der Waals surface area contributed by atoms with Crippen molar-refractivity contribution in [3.63, 3.8) is 0 Å². The van der Waals surface area contributed by atoms with Crippen molar-refractivity contribution in [2.45, 2.75) is 25.3 Å². The third-order valence-corrected chi connectivity index (χ3v) is 3.07. The molecule has 3 heterocycles. The minimum Gasteiger partial charge on any atom is -0.356 e. The molecule has 7 heteroatoms. The van der Waals surface area contributed by atoms with Crippen molar-refractivity contribution in [3.8, 4) is 0 Å². The summed E-state index contributed by atoms with van der Waals surface area (Å²) in [6.07, 6.45) is 5.87. The molecule has 0 spiro atoms. The number of carbonyl (C=O) groups excluding carboxylic acids is 1. The van der Waals surface area contributed by atoms with Gasteiger partial charge in [-0.05, 0) is 19.3 Å². The molecule has 2 aromatic heterocycles. The van der Waals surface area contributed by atoms with E-state index in [4.69, 9.17) is 0 Å². The molecule has 1 fully saturated rings. The number of H-pyrrole nitrogens is 1. The van der Waals surface area contributed by atoms with Crippen LogP contribution in [-0.2, 0) is 4.79 Å². The highest BCUT2D eigenvalue weighted by Gasteiger charge is 2.21. The molecule has 1 unspecified atom stereocenters. The van der Waals surface area contributed by atoms with Crippen LogP contribution in [0.4, 0.5) is 5.82 Å². The third-order valence-electron chi connectivity index (χ3n) is 3.07. The van der Waals surface area contributed by atoms with Gasteiger partial charge in [0.15, 0.2) is 11.5 Å². The molecule has 1 aliphatic rings. The highest BCUT2D eigenvalue weighted by Crippen LogP contribution is 2.17. The van der Waals surface area contributed by atoms with Gasteiger partial charge in [-0.15, -0.1) is 0 Å². The molecular weight excluding hydrogens is 232 g/mol. The lowest BCUT2D eigenvalue weighted by Gasteiger charge is -2.15. The molecule has 7 nitrogen and oxygen atoms in total. The van der Waals surface area contributed by atoms with E-state index in [2.05, 4.69) is 30.6 Å². The lowest BCUT2D eigenvalue weighted by atomic mass is 10.1. The summed E-state index contributed by atoms with van der Waals surface area (Å²) < 4.78 is 0. The number of imidazole rings is 1. The average Bonchev–Trinajstić information content (AvgIpc) is 2.77. The van der Waals surface area contributed by atoms with Gasteiger partial charge < -0.3 is 15.6 Å². The van der Waals surface area contributed by atoms with Crippen molar-refractivity contribution in [1.82, 2.24) is 25.3 Å². The Morgan fingerprint density at radius 2 is 2.22 bits per heavy atom. The van der Waals surface area contributed by atoms with Gasteiger partial charge in [0, 0.05) is 6.54 Å². The first-order valence-corrected chi connectivity index (χ1v) is 6.03. The zero-order valence-electron chi connectivity index (χ0n) is 9.81. The lowest BCUT2D eigenvalue weighted by molar-refractivity contribution is -0.121. The maximum Gasteiger partial charge on any atom is 0.242 e. The average molecular weight is 246 g/mol. The zero-order valence-corrected chi connectivity index (χ0v) is 9.81. The van der Waals surface area contributed by atoms with E-state index >= 15 is 0 Å². The van der Waals surface area contributed by atoms with Crippen molar-refractivity contribution in [2.24, 2.45) is 0 Å². The van der Waals surface area contributed by atoms with Crippen LogP contribution in [0.5, 0.6) is 0 Å².